The number of hydrogen-bond acceptors (Lipinski definition) is 2. The summed E-state index contributed by atoms with van der Waals surface area (Å²) in [6.07, 6.45) is 7.20. The zero-order valence-corrected chi connectivity index (χ0v) is 13.5. The van der Waals surface area contributed by atoms with Crippen LogP contribution >= 0.6 is 15.9 Å². The van der Waals surface area contributed by atoms with Crippen LogP contribution < -0.4 is 5.32 Å². The predicted octanol–water partition coefficient (Wildman–Crippen LogP) is 4.19. The topological polar surface area (TPSA) is 24.9 Å². The second-order valence-electron chi connectivity index (χ2n) is 6.13. The minimum atomic E-state index is 0.352. The van der Waals surface area contributed by atoms with Crippen LogP contribution in [0.2, 0.25) is 0 Å². The van der Waals surface area contributed by atoms with Crippen molar-refractivity contribution in [2.45, 2.75) is 53.0 Å². The first-order valence-corrected chi connectivity index (χ1v) is 7.53. The smallest absolute Gasteiger partial charge is 0.0410 e. The van der Waals surface area contributed by atoms with E-state index in [9.17, 15) is 0 Å². The van der Waals surface area contributed by atoms with Gasteiger partial charge in [0.2, 0.25) is 0 Å². The first-order valence-electron chi connectivity index (χ1n) is 6.73. The first kappa shape index (κ1) is 15.6. The molecule has 1 rings (SSSR count). The minimum Gasteiger partial charge on any atom is -0.314 e. The summed E-state index contributed by atoms with van der Waals surface area (Å²) >= 11 is 3.48. The highest BCUT2D eigenvalue weighted by Crippen LogP contribution is 2.23. The summed E-state index contributed by atoms with van der Waals surface area (Å²) in [7, 11) is 0. The highest BCUT2D eigenvalue weighted by atomic mass is 79.9. The van der Waals surface area contributed by atoms with E-state index < -0.39 is 0 Å². The molecule has 0 aliphatic heterocycles. The van der Waals surface area contributed by atoms with Crippen molar-refractivity contribution in [2.75, 3.05) is 6.54 Å². The Labute approximate surface area is 120 Å². The molecule has 0 fully saturated rings. The van der Waals surface area contributed by atoms with Gasteiger partial charge in [-0.15, -0.1) is 0 Å². The minimum absolute atomic E-state index is 0.352. The Balaban J connectivity index is 2.65. The third-order valence-corrected chi connectivity index (χ3v) is 3.22. The van der Waals surface area contributed by atoms with Gasteiger partial charge < -0.3 is 5.32 Å². The van der Waals surface area contributed by atoms with Crippen molar-refractivity contribution < 1.29 is 0 Å². The molecule has 1 unspecified atom stereocenters. The number of rotatable bonds is 6. The summed E-state index contributed by atoms with van der Waals surface area (Å²) in [6.45, 7) is 10.2. The SMILES string of the molecule is CCCNC(Cc1cncc(Br)c1)CC(C)(C)C. The molecular formula is C15H25BrN2. The third-order valence-electron chi connectivity index (χ3n) is 2.79. The molecule has 1 atom stereocenters. The molecule has 0 saturated heterocycles. The van der Waals surface area contributed by atoms with Gasteiger partial charge in [0.25, 0.3) is 0 Å². The van der Waals surface area contributed by atoms with Gasteiger partial charge in [-0.1, -0.05) is 27.7 Å². The molecular weight excluding hydrogens is 288 g/mol. The fourth-order valence-corrected chi connectivity index (χ4v) is 2.57. The second-order valence-corrected chi connectivity index (χ2v) is 7.05. The fourth-order valence-electron chi connectivity index (χ4n) is 2.16. The molecule has 18 heavy (non-hydrogen) atoms. The highest BCUT2D eigenvalue weighted by Gasteiger charge is 2.18. The molecule has 1 heterocycles. The molecule has 0 amide bonds. The molecule has 0 aliphatic carbocycles. The Bertz CT molecular complexity index is 358. The van der Waals surface area contributed by atoms with Crippen LogP contribution in [0.4, 0.5) is 0 Å². The molecule has 0 saturated carbocycles. The molecule has 0 spiro atoms. The van der Waals surface area contributed by atoms with Gasteiger partial charge in [-0.05, 0) is 58.8 Å². The standard InChI is InChI=1S/C15H25BrN2/c1-5-6-18-14(9-15(2,3)4)8-12-7-13(16)11-17-10-12/h7,10-11,14,18H,5-6,8-9H2,1-4H3. The van der Waals surface area contributed by atoms with Gasteiger partial charge in [0.15, 0.2) is 0 Å². The number of hydrogen-bond donors (Lipinski definition) is 1. The van der Waals surface area contributed by atoms with E-state index in [1.54, 1.807) is 0 Å². The zero-order valence-electron chi connectivity index (χ0n) is 12.0. The molecule has 0 aromatic carbocycles. The van der Waals surface area contributed by atoms with E-state index >= 15 is 0 Å². The molecule has 3 heteroatoms. The molecule has 1 aromatic heterocycles. The lowest BCUT2D eigenvalue weighted by molar-refractivity contribution is 0.306. The maximum Gasteiger partial charge on any atom is 0.0410 e. The highest BCUT2D eigenvalue weighted by molar-refractivity contribution is 9.10. The summed E-state index contributed by atoms with van der Waals surface area (Å²) in [5, 5.41) is 3.65. The number of aromatic nitrogens is 1. The number of nitrogens with zero attached hydrogens (tertiary/aromatic N) is 1. The fraction of sp³-hybridized carbons (Fsp3) is 0.667. The predicted molar refractivity (Wildman–Crippen MR) is 81.8 cm³/mol. The van der Waals surface area contributed by atoms with Crippen molar-refractivity contribution in [3.8, 4) is 0 Å². The van der Waals surface area contributed by atoms with Crippen molar-refractivity contribution in [1.29, 1.82) is 0 Å². The van der Waals surface area contributed by atoms with Crippen molar-refractivity contribution in [1.82, 2.24) is 10.3 Å². The third kappa shape index (κ3) is 6.50. The van der Waals surface area contributed by atoms with Gasteiger partial charge >= 0.3 is 0 Å². The van der Waals surface area contributed by atoms with Crippen molar-refractivity contribution in [3.63, 3.8) is 0 Å². The van der Waals surface area contributed by atoms with Crippen LogP contribution in [0, 0.1) is 5.41 Å². The van der Waals surface area contributed by atoms with E-state index in [2.05, 4.69) is 60.0 Å². The summed E-state index contributed by atoms with van der Waals surface area (Å²) < 4.78 is 1.06. The van der Waals surface area contributed by atoms with Crippen LogP contribution in [0.15, 0.2) is 22.9 Å². The molecule has 102 valence electrons. The van der Waals surface area contributed by atoms with Crippen molar-refractivity contribution in [3.05, 3.63) is 28.5 Å². The van der Waals surface area contributed by atoms with Crippen LogP contribution in [-0.2, 0) is 6.42 Å². The second kappa shape index (κ2) is 7.25. The number of pyridine rings is 1. The zero-order chi connectivity index (χ0) is 13.6. The Morgan fingerprint density at radius 1 is 1.33 bits per heavy atom. The van der Waals surface area contributed by atoms with Crippen LogP contribution in [0.1, 0.15) is 46.1 Å². The van der Waals surface area contributed by atoms with Crippen LogP contribution in [0.25, 0.3) is 0 Å². The Hall–Kier alpha value is -0.410. The number of halogens is 1. The van der Waals surface area contributed by atoms with Crippen LogP contribution in [-0.4, -0.2) is 17.6 Å². The average molecular weight is 313 g/mol. The van der Waals surface area contributed by atoms with Crippen molar-refractivity contribution >= 4 is 15.9 Å². The van der Waals surface area contributed by atoms with E-state index in [-0.39, 0.29) is 0 Å². The van der Waals surface area contributed by atoms with Crippen LogP contribution in [0.5, 0.6) is 0 Å². The maximum absolute atomic E-state index is 4.24. The lowest BCUT2D eigenvalue weighted by Gasteiger charge is -2.27. The Morgan fingerprint density at radius 3 is 2.61 bits per heavy atom. The van der Waals surface area contributed by atoms with Crippen LogP contribution in [0.3, 0.4) is 0 Å². The number of nitrogens with one attached hydrogen (secondary N) is 1. The van der Waals surface area contributed by atoms with Gasteiger partial charge in [-0.2, -0.15) is 0 Å². The van der Waals surface area contributed by atoms with E-state index in [0.29, 0.717) is 11.5 Å². The van der Waals surface area contributed by atoms with Gasteiger partial charge in [0.1, 0.15) is 0 Å². The summed E-state index contributed by atoms with van der Waals surface area (Å²) in [4.78, 5) is 4.24. The van der Waals surface area contributed by atoms with Crippen molar-refractivity contribution in [2.24, 2.45) is 5.41 Å². The van der Waals surface area contributed by atoms with Gasteiger partial charge in [0.05, 0.1) is 0 Å². The normalized spacial score (nSPS) is 13.6. The summed E-state index contributed by atoms with van der Waals surface area (Å²) in [5.41, 5.74) is 1.65. The molecule has 0 bridgehead atoms. The average Bonchev–Trinajstić information content (AvgIpc) is 2.24. The molecule has 0 aliphatic rings. The first-order chi connectivity index (χ1) is 8.40. The maximum atomic E-state index is 4.24. The van der Waals surface area contributed by atoms with E-state index in [4.69, 9.17) is 0 Å². The lowest BCUT2D eigenvalue weighted by atomic mass is 9.86. The quantitative estimate of drug-likeness (QED) is 0.852. The molecule has 0 radical (unpaired) electrons. The van der Waals surface area contributed by atoms with E-state index in [0.717, 1.165) is 17.4 Å². The monoisotopic (exact) mass is 312 g/mol. The Morgan fingerprint density at radius 2 is 2.06 bits per heavy atom. The van der Waals surface area contributed by atoms with Gasteiger partial charge in [0, 0.05) is 22.9 Å². The van der Waals surface area contributed by atoms with Gasteiger partial charge in [-0.3, -0.25) is 4.98 Å². The van der Waals surface area contributed by atoms with E-state index in [1.165, 1.54) is 18.4 Å². The van der Waals surface area contributed by atoms with Gasteiger partial charge in [-0.25, -0.2) is 0 Å². The summed E-state index contributed by atoms with van der Waals surface area (Å²) in [6, 6.07) is 2.69. The molecule has 2 nitrogen and oxygen atoms in total. The van der Waals surface area contributed by atoms with E-state index in [1.807, 2.05) is 12.4 Å². The summed E-state index contributed by atoms with van der Waals surface area (Å²) in [5.74, 6) is 0. The molecule has 1 N–H and O–H groups in total. The lowest BCUT2D eigenvalue weighted by Crippen LogP contribution is -2.35. The molecule has 1 aromatic rings. The Kier molecular flexibility index (Phi) is 6.30. The largest absolute Gasteiger partial charge is 0.314 e.